The highest BCUT2D eigenvalue weighted by Crippen LogP contribution is 2.56. The number of methoxy groups -OCH3 is 1. The summed E-state index contributed by atoms with van der Waals surface area (Å²) in [6.45, 7) is 2.69. The number of amides is 1. The van der Waals surface area contributed by atoms with Crippen LogP contribution in [0, 0.1) is 17.0 Å². The summed E-state index contributed by atoms with van der Waals surface area (Å²) in [6, 6.07) is 7.23. The van der Waals surface area contributed by atoms with E-state index in [4.69, 9.17) is 9.47 Å². The molecule has 7 nitrogen and oxygen atoms in total. The molecular formula is C21H24N2O5. The van der Waals surface area contributed by atoms with E-state index in [1.807, 2.05) is 31.2 Å². The minimum atomic E-state index is -0.827. The fraction of sp³-hybridized carbons (Fsp3) is 0.524. The Balaban J connectivity index is 1.60. The Bertz CT molecular complexity index is 899. The zero-order valence-corrected chi connectivity index (χ0v) is 16.0. The third-order valence-electron chi connectivity index (χ3n) is 7.43. The Labute approximate surface area is 163 Å². The molecule has 4 aliphatic heterocycles. The highest BCUT2D eigenvalue weighted by atomic mass is 16.6. The number of para-hydroxylation sites is 1. The van der Waals surface area contributed by atoms with Crippen LogP contribution in [0.5, 0.6) is 0 Å². The van der Waals surface area contributed by atoms with Crippen molar-refractivity contribution in [2.75, 3.05) is 25.5 Å². The molecule has 5 rings (SSSR count). The average molecular weight is 384 g/mol. The van der Waals surface area contributed by atoms with Crippen molar-refractivity contribution in [2.24, 2.45) is 11.8 Å². The van der Waals surface area contributed by atoms with Gasteiger partial charge in [0.15, 0.2) is 0 Å². The summed E-state index contributed by atoms with van der Waals surface area (Å²) >= 11 is 0. The van der Waals surface area contributed by atoms with Crippen LogP contribution in [0.4, 0.5) is 5.69 Å². The van der Waals surface area contributed by atoms with Gasteiger partial charge >= 0.3 is 5.97 Å². The molecule has 148 valence electrons. The molecule has 0 aliphatic carbocycles. The van der Waals surface area contributed by atoms with E-state index in [1.54, 1.807) is 0 Å². The maximum Gasteiger partial charge on any atom is 0.337 e. The van der Waals surface area contributed by atoms with Crippen LogP contribution in [0.1, 0.15) is 25.3 Å². The van der Waals surface area contributed by atoms with Crippen LogP contribution in [-0.4, -0.2) is 48.9 Å². The van der Waals surface area contributed by atoms with Crippen molar-refractivity contribution in [3.8, 4) is 0 Å². The summed E-state index contributed by atoms with van der Waals surface area (Å²) in [7, 11) is 1.35. The van der Waals surface area contributed by atoms with E-state index in [0.717, 1.165) is 11.3 Å². The molecule has 1 N–H and O–H groups in total. The number of hydroxylamine groups is 3. The second-order valence-electron chi connectivity index (χ2n) is 8.51. The van der Waals surface area contributed by atoms with E-state index in [0.29, 0.717) is 31.5 Å². The van der Waals surface area contributed by atoms with Gasteiger partial charge in [-0.1, -0.05) is 18.2 Å². The van der Waals surface area contributed by atoms with Gasteiger partial charge in [-0.3, -0.25) is 4.79 Å². The van der Waals surface area contributed by atoms with Gasteiger partial charge in [-0.25, -0.2) is 4.79 Å². The Morgan fingerprint density at radius 1 is 1.39 bits per heavy atom. The Morgan fingerprint density at radius 3 is 2.96 bits per heavy atom. The molecule has 4 heterocycles. The van der Waals surface area contributed by atoms with Crippen molar-refractivity contribution in [2.45, 2.75) is 37.3 Å². The number of hydrogen-bond donors (Lipinski definition) is 1. The van der Waals surface area contributed by atoms with E-state index in [-0.39, 0.29) is 23.8 Å². The first-order valence-corrected chi connectivity index (χ1v) is 9.83. The SMILES string of the molecule is COC(=O)C1=COC(C)C2C[N+]3([O-])CCC4(C(=O)Nc5ccccc54)C3CC12. The molecule has 6 atom stereocenters. The number of nitrogens with one attached hydrogen (secondary N) is 1. The number of nitrogens with zero attached hydrogens (tertiary/aromatic N) is 1. The third kappa shape index (κ3) is 2.11. The molecule has 0 radical (unpaired) electrons. The monoisotopic (exact) mass is 384 g/mol. The van der Waals surface area contributed by atoms with Gasteiger partial charge in [0.25, 0.3) is 0 Å². The Kier molecular flexibility index (Phi) is 3.67. The van der Waals surface area contributed by atoms with Gasteiger partial charge in [0.1, 0.15) is 17.6 Å². The summed E-state index contributed by atoms with van der Waals surface area (Å²) in [5.74, 6) is -0.715. The number of benzene rings is 1. The van der Waals surface area contributed by atoms with Crippen molar-refractivity contribution < 1.29 is 23.7 Å². The lowest BCUT2D eigenvalue weighted by Crippen LogP contribution is -2.63. The molecule has 4 aliphatic rings. The van der Waals surface area contributed by atoms with E-state index < -0.39 is 22.1 Å². The fourth-order valence-electron chi connectivity index (χ4n) is 6.04. The van der Waals surface area contributed by atoms with Crippen LogP contribution < -0.4 is 5.32 Å². The maximum absolute atomic E-state index is 13.9. The third-order valence-corrected chi connectivity index (χ3v) is 7.43. The molecule has 1 aromatic carbocycles. The van der Waals surface area contributed by atoms with Crippen molar-refractivity contribution >= 4 is 17.6 Å². The van der Waals surface area contributed by atoms with Crippen LogP contribution in [0.25, 0.3) is 0 Å². The van der Waals surface area contributed by atoms with Crippen LogP contribution in [0.2, 0.25) is 0 Å². The largest absolute Gasteiger partial charge is 0.633 e. The molecule has 0 saturated carbocycles. The number of hydrogen-bond acceptors (Lipinski definition) is 5. The molecule has 7 heteroatoms. The Morgan fingerprint density at radius 2 is 2.18 bits per heavy atom. The minimum absolute atomic E-state index is 0.0669. The summed E-state index contributed by atoms with van der Waals surface area (Å²) in [4.78, 5) is 25.5. The maximum atomic E-state index is 13.9. The van der Waals surface area contributed by atoms with E-state index in [1.165, 1.54) is 13.4 Å². The number of carbonyl (C=O) groups excluding carboxylic acids is 2. The first kappa shape index (κ1) is 17.7. The number of ether oxygens (including phenoxy) is 2. The molecule has 1 aromatic rings. The molecule has 2 saturated heterocycles. The predicted octanol–water partition coefficient (Wildman–Crippen LogP) is 2.08. The quantitative estimate of drug-likeness (QED) is 0.455. The zero-order valence-electron chi connectivity index (χ0n) is 16.0. The number of fused-ring (bicyclic) bond motifs is 5. The van der Waals surface area contributed by atoms with Crippen LogP contribution >= 0.6 is 0 Å². The molecule has 6 unspecified atom stereocenters. The highest BCUT2D eigenvalue weighted by molar-refractivity contribution is 6.07. The van der Waals surface area contributed by atoms with Gasteiger partial charge in [0.2, 0.25) is 5.91 Å². The molecule has 28 heavy (non-hydrogen) atoms. The lowest BCUT2D eigenvalue weighted by molar-refractivity contribution is -0.905. The van der Waals surface area contributed by atoms with Crippen LogP contribution in [0.15, 0.2) is 36.1 Å². The highest BCUT2D eigenvalue weighted by Gasteiger charge is 2.66. The Hall–Kier alpha value is -2.38. The zero-order chi connectivity index (χ0) is 19.7. The molecule has 1 spiro atoms. The van der Waals surface area contributed by atoms with Gasteiger partial charge in [-0.2, -0.15) is 0 Å². The minimum Gasteiger partial charge on any atom is -0.633 e. The van der Waals surface area contributed by atoms with Crippen molar-refractivity contribution in [3.63, 3.8) is 0 Å². The predicted molar refractivity (Wildman–Crippen MR) is 101 cm³/mol. The molecular weight excluding hydrogens is 360 g/mol. The van der Waals surface area contributed by atoms with Gasteiger partial charge in [-0.05, 0) is 18.6 Å². The number of rotatable bonds is 1. The smallest absolute Gasteiger partial charge is 0.337 e. The van der Waals surface area contributed by atoms with Gasteiger partial charge in [0, 0.05) is 24.4 Å². The molecule has 0 aromatic heterocycles. The molecule has 1 amide bonds. The fourth-order valence-corrected chi connectivity index (χ4v) is 6.04. The van der Waals surface area contributed by atoms with E-state index in [2.05, 4.69) is 5.32 Å². The summed E-state index contributed by atoms with van der Waals surface area (Å²) < 4.78 is 10.2. The van der Waals surface area contributed by atoms with Gasteiger partial charge in [-0.15, -0.1) is 0 Å². The summed E-state index contributed by atoms with van der Waals surface area (Å²) in [5.41, 5.74) is 1.37. The van der Waals surface area contributed by atoms with Crippen LogP contribution in [0.3, 0.4) is 0 Å². The summed E-state index contributed by atoms with van der Waals surface area (Å²) in [6.07, 6.45) is 2.34. The second kappa shape index (κ2) is 5.81. The summed E-state index contributed by atoms with van der Waals surface area (Å²) in [5, 5.41) is 16.9. The van der Waals surface area contributed by atoms with Gasteiger partial charge < -0.3 is 24.6 Å². The van der Waals surface area contributed by atoms with E-state index in [9.17, 15) is 14.8 Å². The van der Waals surface area contributed by atoms with Crippen LogP contribution in [-0.2, 0) is 24.5 Å². The molecule has 0 bridgehead atoms. The number of anilines is 1. The standard InChI is InChI=1S/C21H24N2O5/c1-12-14-10-23(26)8-7-21(16-5-3-4-6-17(16)22-20(21)25)18(23)9-13(14)15(11-28-12)19(24)27-2/h3-6,11-14,18H,7-10H2,1-2H3,(H,22,25). The second-order valence-corrected chi connectivity index (χ2v) is 8.51. The first-order valence-electron chi connectivity index (χ1n) is 9.83. The van der Waals surface area contributed by atoms with E-state index >= 15 is 0 Å². The number of esters is 1. The number of carbonyl (C=O) groups is 2. The van der Waals surface area contributed by atoms with Crippen molar-refractivity contribution in [1.29, 1.82) is 0 Å². The average Bonchev–Trinajstić information content (AvgIpc) is 3.16. The van der Waals surface area contributed by atoms with Gasteiger partial charge in [0.05, 0.1) is 38.0 Å². The number of piperidine rings is 1. The lowest BCUT2D eigenvalue weighted by Gasteiger charge is -2.56. The van der Waals surface area contributed by atoms with Crippen molar-refractivity contribution in [1.82, 2.24) is 0 Å². The normalized spacial score (nSPS) is 40.7. The number of quaternary nitrogens is 1. The lowest BCUT2D eigenvalue weighted by atomic mass is 9.66. The molecule has 2 fully saturated rings. The topological polar surface area (TPSA) is 87.7 Å². The first-order chi connectivity index (χ1) is 13.4. The van der Waals surface area contributed by atoms with Crippen molar-refractivity contribution in [3.05, 3.63) is 46.9 Å².